The van der Waals surface area contributed by atoms with Gasteiger partial charge in [0.25, 0.3) is 0 Å². The first-order chi connectivity index (χ1) is 9.06. The van der Waals surface area contributed by atoms with Crippen LogP contribution in [0.1, 0.15) is 18.4 Å². The van der Waals surface area contributed by atoms with Crippen LogP contribution in [0.5, 0.6) is 5.75 Å². The van der Waals surface area contributed by atoms with E-state index in [1.165, 1.54) is 12.1 Å². The molecule has 1 aliphatic heterocycles. The van der Waals surface area contributed by atoms with E-state index in [4.69, 9.17) is 5.73 Å². The quantitative estimate of drug-likeness (QED) is 0.437. The van der Waals surface area contributed by atoms with Crippen molar-refractivity contribution < 1.29 is 15.0 Å². The lowest BCUT2D eigenvalue weighted by Gasteiger charge is -2.28. The number of halogens is 1. The molecule has 0 spiro atoms. The fourth-order valence-electron chi connectivity index (χ4n) is 2.06. The lowest BCUT2D eigenvalue weighted by Crippen LogP contribution is -2.39. The molecule has 0 atom stereocenters. The Labute approximate surface area is 124 Å². The molecule has 2 rings (SSSR count). The Morgan fingerprint density at radius 2 is 2.00 bits per heavy atom. The molecule has 0 radical (unpaired) electrons. The summed E-state index contributed by atoms with van der Waals surface area (Å²) in [6.45, 7) is 1.13. The number of aliphatic hydroxyl groups excluding tert-OH is 1. The van der Waals surface area contributed by atoms with Gasteiger partial charge in [0, 0.05) is 30.4 Å². The number of nitrogens with two attached hydrogens (primary N) is 1. The molecule has 1 aliphatic rings. The van der Waals surface area contributed by atoms with Crippen molar-refractivity contribution in [1.29, 1.82) is 0 Å². The van der Waals surface area contributed by atoms with Gasteiger partial charge in [0.05, 0.1) is 6.10 Å². The summed E-state index contributed by atoms with van der Waals surface area (Å²) in [5.41, 5.74) is 6.68. The molecular weight excluding hydrogens is 280 g/mol. The third-order valence-electron chi connectivity index (χ3n) is 3.23. The normalized spacial score (nSPS) is 16.1. The molecule has 20 heavy (non-hydrogen) atoms. The van der Waals surface area contributed by atoms with E-state index in [2.05, 4.69) is 0 Å². The first-order valence-electron chi connectivity index (χ1n) is 6.30. The standard InChI is InChI=1S/C14H18N2O3.ClH/c15-11-2-3-13(18)10(9-11)1-4-14(19)16-7-5-12(17)6-8-16;/h1-4,9,12,17-18H,5-8,15H2;1H. The van der Waals surface area contributed by atoms with Crippen LogP contribution in [0.4, 0.5) is 5.69 Å². The number of carbonyl (C=O) groups is 1. The summed E-state index contributed by atoms with van der Waals surface area (Å²) in [7, 11) is 0. The van der Waals surface area contributed by atoms with Crippen LogP contribution in [0, 0.1) is 0 Å². The van der Waals surface area contributed by atoms with Crippen LogP contribution in [0.3, 0.4) is 0 Å². The third kappa shape index (κ3) is 4.15. The molecule has 1 heterocycles. The van der Waals surface area contributed by atoms with E-state index in [1.54, 1.807) is 23.1 Å². The van der Waals surface area contributed by atoms with Gasteiger partial charge in [0.2, 0.25) is 5.91 Å². The minimum absolute atomic E-state index is 0. The molecule has 0 saturated carbocycles. The number of piperidine rings is 1. The van der Waals surface area contributed by atoms with Crippen LogP contribution in [0.25, 0.3) is 6.08 Å². The number of aliphatic hydroxyl groups is 1. The Kier molecular flexibility index (Phi) is 5.85. The molecular formula is C14H19ClN2O3. The lowest BCUT2D eigenvalue weighted by atomic mass is 10.1. The van der Waals surface area contributed by atoms with Gasteiger partial charge in [-0.1, -0.05) is 0 Å². The molecule has 0 aromatic heterocycles. The molecule has 1 saturated heterocycles. The van der Waals surface area contributed by atoms with Gasteiger partial charge in [-0.05, 0) is 37.1 Å². The fraction of sp³-hybridized carbons (Fsp3) is 0.357. The second-order valence-corrected chi connectivity index (χ2v) is 4.71. The number of likely N-dealkylation sites (tertiary alicyclic amines) is 1. The van der Waals surface area contributed by atoms with E-state index in [1.807, 2.05) is 0 Å². The average Bonchev–Trinajstić information content (AvgIpc) is 2.40. The van der Waals surface area contributed by atoms with Crippen molar-refractivity contribution in [1.82, 2.24) is 4.90 Å². The predicted molar refractivity (Wildman–Crippen MR) is 80.6 cm³/mol. The van der Waals surface area contributed by atoms with Crippen molar-refractivity contribution >= 4 is 30.1 Å². The number of hydrogen-bond donors (Lipinski definition) is 3. The summed E-state index contributed by atoms with van der Waals surface area (Å²) in [6.07, 6.45) is 3.91. The molecule has 0 bridgehead atoms. The molecule has 1 aromatic carbocycles. The van der Waals surface area contributed by atoms with Gasteiger partial charge in [-0.2, -0.15) is 0 Å². The fourth-order valence-corrected chi connectivity index (χ4v) is 2.06. The monoisotopic (exact) mass is 298 g/mol. The van der Waals surface area contributed by atoms with Gasteiger partial charge in [0.15, 0.2) is 0 Å². The topological polar surface area (TPSA) is 86.8 Å². The number of hydrogen-bond acceptors (Lipinski definition) is 4. The van der Waals surface area contributed by atoms with Gasteiger partial charge in [0.1, 0.15) is 5.75 Å². The summed E-state index contributed by atoms with van der Waals surface area (Å²) in [6, 6.07) is 4.70. The largest absolute Gasteiger partial charge is 0.507 e. The number of aromatic hydroxyl groups is 1. The Morgan fingerprint density at radius 1 is 1.35 bits per heavy atom. The zero-order valence-electron chi connectivity index (χ0n) is 11.0. The number of phenols is 1. The summed E-state index contributed by atoms with van der Waals surface area (Å²) >= 11 is 0. The molecule has 5 nitrogen and oxygen atoms in total. The molecule has 1 fully saturated rings. The first kappa shape index (κ1) is 16.3. The van der Waals surface area contributed by atoms with Crippen LogP contribution in [0.2, 0.25) is 0 Å². The van der Waals surface area contributed by atoms with Crippen molar-refractivity contribution in [3.05, 3.63) is 29.8 Å². The predicted octanol–water partition coefficient (Wildman–Crippen LogP) is 1.39. The van der Waals surface area contributed by atoms with E-state index >= 15 is 0 Å². The van der Waals surface area contributed by atoms with Crippen molar-refractivity contribution in [3.63, 3.8) is 0 Å². The maximum Gasteiger partial charge on any atom is 0.246 e. The second kappa shape index (κ2) is 7.17. The van der Waals surface area contributed by atoms with Crippen LogP contribution >= 0.6 is 12.4 Å². The van der Waals surface area contributed by atoms with Crippen molar-refractivity contribution in [2.75, 3.05) is 18.8 Å². The lowest BCUT2D eigenvalue weighted by molar-refractivity contribution is -0.127. The number of rotatable bonds is 2. The first-order valence-corrected chi connectivity index (χ1v) is 6.30. The molecule has 1 amide bonds. The maximum atomic E-state index is 11.9. The number of anilines is 1. The Bertz CT molecular complexity index is 497. The average molecular weight is 299 g/mol. The zero-order chi connectivity index (χ0) is 13.8. The number of amides is 1. The minimum atomic E-state index is -0.300. The van der Waals surface area contributed by atoms with E-state index in [-0.39, 0.29) is 30.2 Å². The second-order valence-electron chi connectivity index (χ2n) is 4.71. The van der Waals surface area contributed by atoms with Crippen LogP contribution in [0.15, 0.2) is 24.3 Å². The number of nitrogen functional groups attached to an aromatic ring is 1. The Hall–Kier alpha value is -1.72. The molecule has 110 valence electrons. The summed E-state index contributed by atoms with van der Waals surface area (Å²) in [4.78, 5) is 13.6. The van der Waals surface area contributed by atoms with Gasteiger partial charge in [-0.25, -0.2) is 0 Å². The van der Waals surface area contributed by atoms with Gasteiger partial charge >= 0.3 is 0 Å². The molecule has 0 unspecified atom stereocenters. The summed E-state index contributed by atoms with van der Waals surface area (Å²) in [5.74, 6) is -0.0268. The van der Waals surface area contributed by atoms with Crippen LogP contribution < -0.4 is 5.73 Å². The van der Waals surface area contributed by atoms with Crippen molar-refractivity contribution in [2.45, 2.75) is 18.9 Å². The summed E-state index contributed by atoms with van der Waals surface area (Å²) in [5, 5.41) is 19.0. The highest BCUT2D eigenvalue weighted by Gasteiger charge is 2.19. The third-order valence-corrected chi connectivity index (χ3v) is 3.23. The highest BCUT2D eigenvalue weighted by molar-refractivity contribution is 5.92. The number of benzene rings is 1. The van der Waals surface area contributed by atoms with Crippen LogP contribution in [-0.2, 0) is 4.79 Å². The van der Waals surface area contributed by atoms with Gasteiger partial charge < -0.3 is 20.8 Å². The molecule has 0 aliphatic carbocycles. The smallest absolute Gasteiger partial charge is 0.246 e. The highest BCUT2D eigenvalue weighted by Crippen LogP contribution is 2.21. The van der Waals surface area contributed by atoms with Crippen molar-refractivity contribution in [3.8, 4) is 5.75 Å². The van der Waals surface area contributed by atoms with Gasteiger partial charge in [-0.15, -0.1) is 12.4 Å². The van der Waals surface area contributed by atoms with Crippen molar-refractivity contribution in [2.24, 2.45) is 0 Å². The Morgan fingerprint density at radius 3 is 2.65 bits per heavy atom. The molecule has 6 heteroatoms. The van der Waals surface area contributed by atoms with E-state index in [0.717, 1.165) is 0 Å². The maximum absolute atomic E-state index is 11.9. The molecule has 1 aromatic rings. The number of phenolic OH excluding ortho intramolecular Hbond substituents is 1. The van der Waals surface area contributed by atoms with Crippen LogP contribution in [-0.4, -0.2) is 40.2 Å². The SMILES string of the molecule is Cl.Nc1ccc(O)c(C=CC(=O)N2CCC(O)CC2)c1. The minimum Gasteiger partial charge on any atom is -0.507 e. The number of nitrogens with zero attached hydrogens (tertiary/aromatic N) is 1. The van der Waals surface area contributed by atoms with E-state index in [0.29, 0.717) is 37.2 Å². The van der Waals surface area contributed by atoms with E-state index < -0.39 is 0 Å². The highest BCUT2D eigenvalue weighted by atomic mass is 35.5. The molecule has 4 N–H and O–H groups in total. The van der Waals surface area contributed by atoms with E-state index in [9.17, 15) is 15.0 Å². The summed E-state index contributed by atoms with van der Waals surface area (Å²) < 4.78 is 0. The number of carbonyl (C=O) groups excluding carboxylic acids is 1. The Balaban J connectivity index is 0.00000200. The zero-order valence-corrected chi connectivity index (χ0v) is 11.8. The van der Waals surface area contributed by atoms with Gasteiger partial charge in [-0.3, -0.25) is 4.79 Å².